The van der Waals surface area contributed by atoms with Crippen LogP contribution in [-0.2, 0) is 9.84 Å². The highest BCUT2D eigenvalue weighted by Crippen LogP contribution is 2.49. The molecule has 6 rings (SSSR count). The molecule has 0 aromatic heterocycles. The summed E-state index contributed by atoms with van der Waals surface area (Å²) in [5.41, 5.74) is 7.50. The predicted molar refractivity (Wildman–Crippen MR) is 142 cm³/mol. The average Bonchev–Trinajstić information content (AvgIpc) is 2.89. The fourth-order valence-corrected chi connectivity index (χ4v) is 6.42. The minimum absolute atomic E-state index is 0.318. The van der Waals surface area contributed by atoms with Crippen LogP contribution >= 0.6 is 0 Å². The molecule has 5 aromatic rings. The minimum atomic E-state index is -3.68. The van der Waals surface area contributed by atoms with Gasteiger partial charge in [0, 0.05) is 5.69 Å². The van der Waals surface area contributed by atoms with Crippen LogP contribution in [-0.4, -0.2) is 8.42 Å². The first kappa shape index (κ1) is 21.4. The molecule has 0 unspecified atom stereocenters. The fraction of sp³-hybridized carbons (Fsp3) is 0.0323. The maximum Gasteiger partial charge on any atom is 0.210 e. The van der Waals surface area contributed by atoms with Gasteiger partial charge in [0.1, 0.15) is 0 Å². The van der Waals surface area contributed by atoms with Crippen molar-refractivity contribution in [2.45, 2.75) is 16.7 Å². The molecule has 4 heteroatoms. The molecule has 0 spiro atoms. The summed E-state index contributed by atoms with van der Waals surface area (Å²) in [5.74, 6) is 0. The lowest BCUT2D eigenvalue weighted by Crippen LogP contribution is -2.22. The molecule has 0 aliphatic carbocycles. The second-order valence-electron chi connectivity index (χ2n) is 8.77. The van der Waals surface area contributed by atoms with Crippen molar-refractivity contribution in [3.8, 4) is 22.3 Å². The van der Waals surface area contributed by atoms with Crippen LogP contribution in [0.1, 0.15) is 5.56 Å². The average molecular weight is 474 g/mol. The largest absolute Gasteiger partial charge is 0.308 e. The Balaban J connectivity index is 1.57. The van der Waals surface area contributed by atoms with Gasteiger partial charge in [-0.2, -0.15) is 0 Å². The van der Waals surface area contributed by atoms with E-state index in [1.807, 2.05) is 66.7 Å². The molecule has 0 fully saturated rings. The number of nitrogens with zero attached hydrogens (tertiary/aromatic N) is 1. The van der Waals surface area contributed by atoms with Crippen LogP contribution in [0.15, 0.2) is 131 Å². The number of aryl methyl sites for hydroxylation is 1. The Kier molecular flexibility index (Phi) is 5.05. The van der Waals surface area contributed by atoms with Crippen LogP contribution < -0.4 is 4.90 Å². The SMILES string of the molecule is Cc1cccc(-c2cccc(N3c4ccccc4S(=O)(=O)c4cc(-c5ccccc5)ccc43)c2)c1. The fourth-order valence-electron chi connectivity index (χ4n) is 4.77. The smallest absolute Gasteiger partial charge is 0.210 e. The zero-order valence-corrected chi connectivity index (χ0v) is 20.0. The molecule has 0 atom stereocenters. The summed E-state index contributed by atoms with van der Waals surface area (Å²) in [5, 5.41) is 0. The number of hydrogen-bond donors (Lipinski definition) is 0. The molecule has 0 radical (unpaired) electrons. The predicted octanol–water partition coefficient (Wildman–Crippen LogP) is 7.95. The number of benzene rings is 5. The van der Waals surface area contributed by atoms with Gasteiger partial charge < -0.3 is 4.90 Å². The second-order valence-corrected chi connectivity index (χ2v) is 10.7. The van der Waals surface area contributed by atoms with Crippen molar-refractivity contribution >= 4 is 26.9 Å². The zero-order valence-electron chi connectivity index (χ0n) is 19.2. The quantitative estimate of drug-likeness (QED) is 0.262. The topological polar surface area (TPSA) is 37.4 Å². The summed E-state index contributed by atoms with van der Waals surface area (Å²) in [6.45, 7) is 2.08. The summed E-state index contributed by atoms with van der Waals surface area (Å²) in [7, 11) is -3.68. The summed E-state index contributed by atoms with van der Waals surface area (Å²) in [4.78, 5) is 2.69. The van der Waals surface area contributed by atoms with Crippen molar-refractivity contribution in [1.82, 2.24) is 0 Å². The van der Waals surface area contributed by atoms with Gasteiger partial charge in [0.25, 0.3) is 0 Å². The van der Waals surface area contributed by atoms with Crippen LogP contribution in [0.3, 0.4) is 0 Å². The Morgan fingerprint density at radius 3 is 1.94 bits per heavy atom. The van der Waals surface area contributed by atoms with Gasteiger partial charge in [-0.1, -0.05) is 90.5 Å². The molecule has 170 valence electrons. The molecule has 0 saturated heterocycles. The van der Waals surface area contributed by atoms with Crippen molar-refractivity contribution in [2.24, 2.45) is 0 Å². The first-order chi connectivity index (χ1) is 17.0. The van der Waals surface area contributed by atoms with Gasteiger partial charge in [0.15, 0.2) is 0 Å². The van der Waals surface area contributed by atoms with Gasteiger partial charge in [0.05, 0.1) is 21.2 Å². The Hall–Kier alpha value is -4.15. The maximum absolute atomic E-state index is 13.8. The number of sulfone groups is 1. The number of hydrogen-bond acceptors (Lipinski definition) is 3. The second kappa shape index (κ2) is 8.26. The molecule has 0 bridgehead atoms. The van der Waals surface area contributed by atoms with E-state index in [1.165, 1.54) is 5.56 Å². The molecule has 5 aromatic carbocycles. The van der Waals surface area contributed by atoms with Crippen molar-refractivity contribution in [1.29, 1.82) is 0 Å². The number of para-hydroxylation sites is 1. The number of anilines is 3. The molecule has 1 aliphatic rings. The molecule has 1 heterocycles. The Bertz CT molecular complexity index is 1670. The molecule has 0 N–H and O–H groups in total. The Morgan fingerprint density at radius 1 is 0.514 bits per heavy atom. The zero-order chi connectivity index (χ0) is 24.0. The van der Waals surface area contributed by atoms with E-state index in [0.717, 1.165) is 27.9 Å². The van der Waals surface area contributed by atoms with Crippen molar-refractivity contribution in [2.75, 3.05) is 4.90 Å². The van der Waals surface area contributed by atoms with E-state index in [1.54, 1.807) is 18.2 Å². The third-order valence-corrected chi connectivity index (χ3v) is 8.28. The lowest BCUT2D eigenvalue weighted by molar-refractivity contribution is 0.595. The minimum Gasteiger partial charge on any atom is -0.308 e. The van der Waals surface area contributed by atoms with Gasteiger partial charge in [0.2, 0.25) is 9.84 Å². The van der Waals surface area contributed by atoms with Gasteiger partial charge in [-0.15, -0.1) is 0 Å². The van der Waals surface area contributed by atoms with E-state index in [2.05, 4.69) is 48.2 Å². The Labute approximate surface area is 205 Å². The molecule has 3 nitrogen and oxygen atoms in total. The van der Waals surface area contributed by atoms with Crippen molar-refractivity contribution in [3.63, 3.8) is 0 Å². The van der Waals surface area contributed by atoms with Crippen molar-refractivity contribution < 1.29 is 8.42 Å². The molecule has 0 saturated carbocycles. The van der Waals surface area contributed by atoms with Gasteiger partial charge >= 0.3 is 0 Å². The summed E-state index contributed by atoms with van der Waals surface area (Å²) >= 11 is 0. The molecule has 1 aliphatic heterocycles. The molecule has 0 amide bonds. The van der Waals surface area contributed by atoms with E-state index in [9.17, 15) is 8.42 Å². The number of rotatable bonds is 3. The van der Waals surface area contributed by atoms with E-state index in [-0.39, 0.29) is 0 Å². The van der Waals surface area contributed by atoms with E-state index >= 15 is 0 Å². The summed E-state index contributed by atoms with van der Waals surface area (Å²) < 4.78 is 27.5. The lowest BCUT2D eigenvalue weighted by Gasteiger charge is -2.33. The highest BCUT2D eigenvalue weighted by Gasteiger charge is 2.35. The van der Waals surface area contributed by atoms with Gasteiger partial charge in [-0.05, 0) is 65.6 Å². The first-order valence-electron chi connectivity index (χ1n) is 11.5. The summed E-state index contributed by atoms with van der Waals surface area (Å²) in [6, 6.07) is 39.5. The molecular formula is C31H23NO2S. The van der Waals surface area contributed by atoms with Gasteiger partial charge in [-0.25, -0.2) is 8.42 Å². The van der Waals surface area contributed by atoms with Crippen LogP contribution in [0.25, 0.3) is 22.3 Å². The first-order valence-corrected chi connectivity index (χ1v) is 13.0. The van der Waals surface area contributed by atoms with E-state index in [0.29, 0.717) is 21.2 Å². The lowest BCUT2D eigenvalue weighted by atomic mass is 10.0. The normalized spacial score (nSPS) is 13.7. The standard InChI is InChI=1S/C31H23NO2S/c1-22-9-7-12-24(19-22)25-13-8-14-27(20-25)32-28-15-5-6-16-30(28)35(33,34)31-21-26(17-18-29(31)32)23-10-3-2-4-11-23/h2-21H,1H3. The van der Waals surface area contributed by atoms with Crippen LogP contribution in [0.4, 0.5) is 17.1 Å². The van der Waals surface area contributed by atoms with Crippen LogP contribution in [0.2, 0.25) is 0 Å². The molecular weight excluding hydrogens is 450 g/mol. The maximum atomic E-state index is 13.8. The monoisotopic (exact) mass is 473 g/mol. The highest BCUT2D eigenvalue weighted by atomic mass is 32.2. The highest BCUT2D eigenvalue weighted by molar-refractivity contribution is 7.92. The Morgan fingerprint density at radius 2 is 1.14 bits per heavy atom. The molecule has 35 heavy (non-hydrogen) atoms. The van der Waals surface area contributed by atoms with Crippen LogP contribution in [0.5, 0.6) is 0 Å². The summed E-state index contributed by atoms with van der Waals surface area (Å²) in [6.07, 6.45) is 0. The van der Waals surface area contributed by atoms with E-state index < -0.39 is 9.84 Å². The number of fused-ring (bicyclic) bond motifs is 2. The van der Waals surface area contributed by atoms with Crippen LogP contribution in [0, 0.1) is 6.92 Å². The van der Waals surface area contributed by atoms with Gasteiger partial charge in [-0.3, -0.25) is 0 Å². The third kappa shape index (κ3) is 3.63. The van der Waals surface area contributed by atoms with E-state index in [4.69, 9.17) is 0 Å². The van der Waals surface area contributed by atoms with Crippen molar-refractivity contribution in [3.05, 3.63) is 127 Å². The third-order valence-electron chi connectivity index (χ3n) is 6.45.